The second-order valence-corrected chi connectivity index (χ2v) is 8.70. The van der Waals surface area contributed by atoms with Crippen LogP contribution in [0.15, 0.2) is 54.6 Å². The zero-order chi connectivity index (χ0) is 24.5. The van der Waals surface area contributed by atoms with Gasteiger partial charge in [-0.05, 0) is 66.9 Å². The number of benzene rings is 3. The number of anilines is 1. The van der Waals surface area contributed by atoms with E-state index in [0.717, 1.165) is 46.3 Å². The van der Waals surface area contributed by atoms with Crippen molar-refractivity contribution in [3.05, 3.63) is 71.7 Å². The summed E-state index contributed by atoms with van der Waals surface area (Å²) in [5, 5.41) is 8.83. The van der Waals surface area contributed by atoms with E-state index in [1.807, 2.05) is 30.3 Å². The van der Waals surface area contributed by atoms with Crippen molar-refractivity contribution in [1.82, 2.24) is 4.57 Å². The third-order valence-corrected chi connectivity index (χ3v) is 6.70. The van der Waals surface area contributed by atoms with E-state index < -0.39 is 0 Å². The number of nitrogens with one attached hydrogen (secondary N) is 1. The Hall–Kier alpha value is -3.84. The van der Waals surface area contributed by atoms with E-state index in [9.17, 15) is 4.39 Å². The maximum Gasteiger partial charge on any atom is 0.123 e. The van der Waals surface area contributed by atoms with Gasteiger partial charge >= 0.3 is 0 Å². The van der Waals surface area contributed by atoms with Gasteiger partial charge in [0.1, 0.15) is 17.3 Å². The van der Waals surface area contributed by atoms with Crippen molar-refractivity contribution in [3.63, 3.8) is 0 Å². The molecular formula is C28H28FN3O3. The van der Waals surface area contributed by atoms with Gasteiger partial charge in [0.15, 0.2) is 0 Å². The van der Waals surface area contributed by atoms with Gasteiger partial charge in [0.2, 0.25) is 0 Å². The Bertz CT molecular complexity index is 1370. The number of halogens is 1. The number of methoxy groups -OCH3 is 2. The molecule has 0 saturated carbocycles. The Morgan fingerprint density at radius 3 is 2.26 bits per heavy atom. The Kier molecular flexibility index (Phi) is 6.17. The molecule has 0 bridgehead atoms. The quantitative estimate of drug-likeness (QED) is 0.269. The fourth-order valence-electron chi connectivity index (χ4n) is 4.99. The molecule has 0 atom stereocenters. The van der Waals surface area contributed by atoms with Crippen LogP contribution in [0, 0.1) is 11.2 Å². The summed E-state index contributed by atoms with van der Waals surface area (Å²) >= 11 is 0. The van der Waals surface area contributed by atoms with E-state index in [2.05, 4.69) is 4.57 Å². The van der Waals surface area contributed by atoms with Crippen LogP contribution in [0.1, 0.15) is 30.0 Å². The summed E-state index contributed by atoms with van der Waals surface area (Å²) in [6, 6.07) is 16.2. The molecule has 1 aromatic heterocycles. The van der Waals surface area contributed by atoms with Crippen LogP contribution in [-0.4, -0.2) is 38.2 Å². The van der Waals surface area contributed by atoms with Crippen molar-refractivity contribution in [2.45, 2.75) is 18.8 Å². The molecule has 1 aliphatic heterocycles. The summed E-state index contributed by atoms with van der Waals surface area (Å²) < 4.78 is 32.9. The minimum Gasteiger partial charge on any atom is -0.497 e. The minimum atomic E-state index is -0.292. The molecule has 0 aliphatic carbocycles. The standard InChI is InChI=1S/C28H28FN3O3/c1-33-22-11-18(12-23(14-22)34-2)27-24-15-25(31)19(16-30)13-26(24)32(21-5-3-20(29)4-6-21)28(27)17-7-9-35-10-8-17/h3-6,11-17,30H,7-10,31H2,1-2H3. The predicted molar refractivity (Wildman–Crippen MR) is 137 cm³/mol. The van der Waals surface area contributed by atoms with Gasteiger partial charge in [-0.3, -0.25) is 0 Å². The van der Waals surface area contributed by atoms with Gasteiger partial charge < -0.3 is 29.9 Å². The second-order valence-electron chi connectivity index (χ2n) is 8.70. The lowest BCUT2D eigenvalue weighted by atomic mass is 9.89. The van der Waals surface area contributed by atoms with Crippen molar-refractivity contribution in [1.29, 1.82) is 5.41 Å². The smallest absolute Gasteiger partial charge is 0.123 e. The van der Waals surface area contributed by atoms with Crippen molar-refractivity contribution >= 4 is 22.8 Å². The summed E-state index contributed by atoms with van der Waals surface area (Å²) in [5.41, 5.74) is 12.4. The van der Waals surface area contributed by atoms with Crippen LogP contribution in [0.4, 0.5) is 10.1 Å². The first-order valence-corrected chi connectivity index (χ1v) is 11.6. The third kappa shape index (κ3) is 4.12. The molecule has 3 N–H and O–H groups in total. The molecule has 1 aliphatic rings. The third-order valence-electron chi connectivity index (χ3n) is 6.70. The lowest BCUT2D eigenvalue weighted by Crippen LogP contribution is -2.17. The van der Waals surface area contributed by atoms with Crippen LogP contribution in [-0.2, 0) is 4.74 Å². The first kappa shape index (κ1) is 22.9. The number of fused-ring (bicyclic) bond motifs is 1. The van der Waals surface area contributed by atoms with E-state index >= 15 is 0 Å². The molecule has 6 nitrogen and oxygen atoms in total. The zero-order valence-corrected chi connectivity index (χ0v) is 19.8. The highest BCUT2D eigenvalue weighted by Gasteiger charge is 2.29. The fourth-order valence-corrected chi connectivity index (χ4v) is 4.99. The van der Waals surface area contributed by atoms with Crippen molar-refractivity contribution in [2.75, 3.05) is 33.2 Å². The van der Waals surface area contributed by atoms with Crippen molar-refractivity contribution in [2.24, 2.45) is 0 Å². The predicted octanol–water partition coefficient (Wildman–Crippen LogP) is 5.93. The van der Waals surface area contributed by atoms with Crippen LogP contribution in [0.3, 0.4) is 0 Å². The maximum absolute atomic E-state index is 13.9. The fraction of sp³-hybridized carbons (Fsp3) is 0.250. The first-order valence-electron chi connectivity index (χ1n) is 11.6. The highest BCUT2D eigenvalue weighted by Crippen LogP contribution is 2.46. The SMILES string of the molecule is COc1cc(OC)cc(-c2c(C3CCOCC3)n(-c3ccc(F)cc3)c3cc(C=N)c(N)cc23)c1. The summed E-state index contributed by atoms with van der Waals surface area (Å²) in [6.07, 6.45) is 2.98. The van der Waals surface area contributed by atoms with Gasteiger partial charge in [-0.1, -0.05) is 0 Å². The number of aromatic nitrogens is 1. The molecule has 7 heteroatoms. The van der Waals surface area contributed by atoms with Crippen LogP contribution < -0.4 is 15.2 Å². The number of nitrogens with two attached hydrogens (primary N) is 1. The van der Waals surface area contributed by atoms with Crippen LogP contribution >= 0.6 is 0 Å². The topological polar surface area (TPSA) is 82.5 Å². The van der Waals surface area contributed by atoms with Gasteiger partial charge in [0, 0.05) is 65.0 Å². The van der Waals surface area contributed by atoms with Crippen LogP contribution in [0.25, 0.3) is 27.7 Å². The highest BCUT2D eigenvalue weighted by molar-refractivity contribution is 6.04. The summed E-state index contributed by atoms with van der Waals surface area (Å²) in [6.45, 7) is 1.34. The molecular weight excluding hydrogens is 445 g/mol. The van der Waals surface area contributed by atoms with Gasteiger partial charge in [0.05, 0.1) is 19.7 Å². The molecule has 1 fully saturated rings. The summed E-state index contributed by atoms with van der Waals surface area (Å²) in [4.78, 5) is 0. The normalized spacial score (nSPS) is 14.3. The zero-order valence-electron chi connectivity index (χ0n) is 19.8. The van der Waals surface area contributed by atoms with Crippen molar-refractivity contribution < 1.29 is 18.6 Å². The molecule has 0 amide bonds. The van der Waals surface area contributed by atoms with E-state index in [1.165, 1.54) is 18.3 Å². The average Bonchev–Trinajstić information content (AvgIpc) is 3.22. The van der Waals surface area contributed by atoms with Crippen molar-refractivity contribution in [3.8, 4) is 28.3 Å². The number of ether oxygens (including phenoxy) is 3. The lowest BCUT2D eigenvalue weighted by molar-refractivity contribution is 0.0843. The minimum absolute atomic E-state index is 0.207. The van der Waals surface area contributed by atoms with E-state index in [4.69, 9.17) is 25.4 Å². The van der Waals surface area contributed by atoms with Gasteiger partial charge in [-0.25, -0.2) is 4.39 Å². The van der Waals surface area contributed by atoms with Crippen LogP contribution in [0.2, 0.25) is 0 Å². The van der Waals surface area contributed by atoms with E-state index in [-0.39, 0.29) is 11.7 Å². The first-order chi connectivity index (χ1) is 17.0. The lowest BCUT2D eigenvalue weighted by Gasteiger charge is -2.26. The van der Waals surface area contributed by atoms with Gasteiger partial charge in [-0.15, -0.1) is 0 Å². The molecule has 1 saturated heterocycles. The number of rotatable bonds is 6. The Morgan fingerprint density at radius 1 is 1.00 bits per heavy atom. The molecule has 0 spiro atoms. The van der Waals surface area contributed by atoms with E-state index in [0.29, 0.717) is 36.0 Å². The molecule has 5 rings (SSSR count). The molecule has 35 heavy (non-hydrogen) atoms. The maximum atomic E-state index is 13.9. The summed E-state index contributed by atoms with van der Waals surface area (Å²) in [5.74, 6) is 1.28. The number of hydrogen-bond donors (Lipinski definition) is 2. The Balaban J connectivity index is 1.92. The Morgan fingerprint density at radius 2 is 1.66 bits per heavy atom. The monoisotopic (exact) mass is 473 g/mol. The number of hydrogen-bond acceptors (Lipinski definition) is 5. The Labute approximate surface area is 203 Å². The molecule has 180 valence electrons. The summed E-state index contributed by atoms with van der Waals surface area (Å²) in [7, 11) is 3.27. The van der Waals surface area contributed by atoms with Gasteiger partial charge in [-0.2, -0.15) is 0 Å². The number of nitrogens with zero attached hydrogens (tertiary/aromatic N) is 1. The average molecular weight is 474 g/mol. The highest BCUT2D eigenvalue weighted by atomic mass is 19.1. The van der Waals surface area contributed by atoms with Gasteiger partial charge in [0.25, 0.3) is 0 Å². The molecule has 0 radical (unpaired) electrons. The number of nitrogen functional groups attached to an aromatic ring is 1. The molecule has 3 aromatic carbocycles. The largest absolute Gasteiger partial charge is 0.497 e. The molecule has 0 unspecified atom stereocenters. The molecule has 4 aromatic rings. The molecule has 2 heterocycles. The van der Waals surface area contributed by atoms with Crippen LogP contribution in [0.5, 0.6) is 11.5 Å². The second kappa shape index (κ2) is 9.43. The van der Waals surface area contributed by atoms with E-state index in [1.54, 1.807) is 26.4 Å².